The maximum absolute atomic E-state index is 13.5. The van der Waals surface area contributed by atoms with Gasteiger partial charge in [0.1, 0.15) is 5.82 Å². The first-order chi connectivity index (χ1) is 21.9. The molecule has 1 aliphatic heterocycles. The van der Waals surface area contributed by atoms with Crippen LogP contribution in [0, 0.1) is 35.4 Å². The first-order valence-electron chi connectivity index (χ1n) is 14.8. The number of rotatable bonds is 12. The Labute approximate surface area is 268 Å². The predicted molar refractivity (Wildman–Crippen MR) is 172 cm³/mol. The summed E-state index contributed by atoms with van der Waals surface area (Å²) in [7, 11) is -3.23. The molecule has 1 heterocycles. The molecule has 46 heavy (non-hydrogen) atoms. The number of halogens is 1. The van der Waals surface area contributed by atoms with Crippen molar-refractivity contribution in [1.29, 1.82) is 0 Å². The van der Waals surface area contributed by atoms with Gasteiger partial charge in [0.25, 0.3) is 0 Å². The highest BCUT2D eigenvalue weighted by atomic mass is 32.2. The van der Waals surface area contributed by atoms with E-state index in [-0.39, 0.29) is 11.9 Å². The molecule has 1 amide bonds. The van der Waals surface area contributed by atoms with Gasteiger partial charge in [-0.25, -0.2) is 17.5 Å². The molecule has 1 aliphatic rings. The lowest BCUT2D eigenvalue weighted by atomic mass is 9.78. The summed E-state index contributed by atoms with van der Waals surface area (Å²) >= 11 is 0. The largest absolute Gasteiger partial charge is 0.392 e. The van der Waals surface area contributed by atoms with Crippen molar-refractivity contribution >= 4 is 21.6 Å². The molecule has 242 valence electrons. The second-order valence-corrected chi connectivity index (χ2v) is 13.1. The summed E-state index contributed by atoms with van der Waals surface area (Å²) in [6.07, 6.45) is 2.02. The standard InChI is InChI=1S/C35H37FN2O7S/c1-46(44,45)37-22-4-2-3-5-25-8-16-30(17-9-25)38-33(28-10-6-26(7-11-28)20-21-35(43,23-39)24-40)31(34(38)42)18-19-32(41)27-12-14-29(36)15-13-27/h6-17,31-33,37,39-41,43H,2,4,18-19,22-24H2,1H3. The normalized spacial score (nSPS) is 16.9. The van der Waals surface area contributed by atoms with E-state index in [0.717, 1.165) is 17.4 Å². The van der Waals surface area contributed by atoms with Crippen molar-refractivity contribution in [3.63, 3.8) is 0 Å². The van der Waals surface area contributed by atoms with Crippen molar-refractivity contribution in [2.24, 2.45) is 5.92 Å². The number of aliphatic hydroxyl groups is 4. The Hall–Kier alpha value is -4.07. The molecular weight excluding hydrogens is 611 g/mol. The van der Waals surface area contributed by atoms with Gasteiger partial charge in [-0.1, -0.05) is 47.9 Å². The number of sulfonamides is 1. The van der Waals surface area contributed by atoms with Crippen molar-refractivity contribution < 1.29 is 38.0 Å². The van der Waals surface area contributed by atoms with Gasteiger partial charge in [-0.15, -0.1) is 0 Å². The van der Waals surface area contributed by atoms with E-state index < -0.39 is 46.7 Å². The quantitative estimate of drug-likeness (QED) is 0.115. The number of nitrogens with zero attached hydrogens (tertiary/aromatic N) is 1. The molecule has 1 fully saturated rings. The fraction of sp³-hybridized carbons (Fsp3) is 0.343. The zero-order valence-corrected chi connectivity index (χ0v) is 26.2. The summed E-state index contributed by atoms with van der Waals surface area (Å²) in [5.74, 6) is 10.4. The fourth-order valence-electron chi connectivity index (χ4n) is 5.07. The average molecular weight is 649 g/mol. The van der Waals surface area contributed by atoms with Crippen molar-refractivity contribution in [1.82, 2.24) is 4.72 Å². The van der Waals surface area contributed by atoms with Crippen LogP contribution < -0.4 is 9.62 Å². The minimum Gasteiger partial charge on any atom is -0.392 e. The highest BCUT2D eigenvalue weighted by Gasteiger charge is 2.48. The Kier molecular flexibility index (Phi) is 11.7. The number of benzene rings is 3. The van der Waals surface area contributed by atoms with Gasteiger partial charge in [0.05, 0.1) is 37.5 Å². The lowest BCUT2D eigenvalue weighted by Gasteiger charge is -2.48. The van der Waals surface area contributed by atoms with Crippen molar-refractivity contribution in [2.75, 3.05) is 30.9 Å². The third kappa shape index (κ3) is 9.24. The molecular formula is C35H37FN2O7S. The maximum Gasteiger partial charge on any atom is 0.233 e. The smallest absolute Gasteiger partial charge is 0.233 e. The second kappa shape index (κ2) is 15.5. The van der Waals surface area contributed by atoms with Crippen molar-refractivity contribution in [3.05, 3.63) is 101 Å². The lowest BCUT2D eigenvalue weighted by molar-refractivity contribution is -0.131. The Morgan fingerprint density at radius 1 is 0.957 bits per heavy atom. The summed E-state index contributed by atoms with van der Waals surface area (Å²) in [4.78, 5) is 15.2. The third-order valence-electron chi connectivity index (χ3n) is 7.66. The monoisotopic (exact) mass is 648 g/mol. The molecule has 3 aromatic rings. The molecule has 1 saturated heterocycles. The molecule has 3 aromatic carbocycles. The zero-order valence-electron chi connectivity index (χ0n) is 25.4. The van der Waals surface area contributed by atoms with E-state index >= 15 is 0 Å². The van der Waals surface area contributed by atoms with Crippen LogP contribution >= 0.6 is 0 Å². The summed E-state index contributed by atoms with van der Waals surface area (Å²) in [5.41, 5.74) is 1.44. The van der Waals surface area contributed by atoms with E-state index in [2.05, 4.69) is 28.4 Å². The van der Waals surface area contributed by atoms with E-state index in [1.807, 2.05) is 36.4 Å². The van der Waals surface area contributed by atoms with Crippen LogP contribution in [-0.2, 0) is 14.8 Å². The number of hydrogen-bond donors (Lipinski definition) is 5. The number of carbonyl (C=O) groups is 1. The Morgan fingerprint density at radius 2 is 1.57 bits per heavy atom. The number of β-lactam (4-membered cyclic amide) rings is 1. The van der Waals surface area contributed by atoms with Gasteiger partial charge < -0.3 is 25.3 Å². The summed E-state index contributed by atoms with van der Waals surface area (Å²) in [5, 5.41) is 39.4. The number of aliphatic hydroxyl groups excluding tert-OH is 3. The van der Waals surface area contributed by atoms with Crippen molar-refractivity contribution in [3.8, 4) is 23.7 Å². The number of hydrogen-bond acceptors (Lipinski definition) is 7. The van der Waals surface area contributed by atoms with E-state index in [1.54, 1.807) is 17.0 Å². The van der Waals surface area contributed by atoms with E-state index in [4.69, 9.17) is 0 Å². The van der Waals surface area contributed by atoms with Crippen LogP contribution in [0.2, 0.25) is 0 Å². The first-order valence-corrected chi connectivity index (χ1v) is 16.7. The van der Waals surface area contributed by atoms with Crippen molar-refractivity contribution in [2.45, 2.75) is 43.4 Å². The van der Waals surface area contributed by atoms with Gasteiger partial charge in [0.2, 0.25) is 15.9 Å². The SMILES string of the molecule is CS(=O)(=O)NCCCC#Cc1ccc(N2C(=O)C(CCC(O)c3ccc(F)cc3)C2c2ccc(C#CC(O)(CO)CO)cc2)cc1. The van der Waals surface area contributed by atoms with Crippen LogP contribution in [0.5, 0.6) is 0 Å². The molecule has 0 radical (unpaired) electrons. The Morgan fingerprint density at radius 3 is 2.17 bits per heavy atom. The summed E-state index contributed by atoms with van der Waals surface area (Å²) in [6, 6.07) is 19.6. The molecule has 0 spiro atoms. The topological polar surface area (TPSA) is 147 Å². The molecule has 0 bridgehead atoms. The molecule has 5 N–H and O–H groups in total. The molecule has 0 aliphatic carbocycles. The summed E-state index contributed by atoms with van der Waals surface area (Å²) < 4.78 is 38.1. The van der Waals surface area contributed by atoms with Crippen LogP contribution in [0.4, 0.5) is 10.1 Å². The number of unbranched alkanes of at least 4 members (excludes halogenated alkanes) is 1. The van der Waals surface area contributed by atoms with Gasteiger partial charge in [0, 0.05) is 29.8 Å². The Bertz CT molecular complexity index is 1720. The van der Waals surface area contributed by atoms with Crippen LogP contribution in [0.3, 0.4) is 0 Å². The van der Waals surface area contributed by atoms with Crippen LogP contribution in [-0.4, -0.2) is 66.4 Å². The van der Waals surface area contributed by atoms with Crippen LogP contribution in [0.15, 0.2) is 72.8 Å². The van der Waals surface area contributed by atoms with E-state index in [1.165, 1.54) is 24.3 Å². The number of anilines is 1. The number of amides is 1. The molecule has 0 saturated carbocycles. The highest BCUT2D eigenvalue weighted by Crippen LogP contribution is 2.46. The molecule has 4 rings (SSSR count). The molecule has 3 unspecified atom stereocenters. The van der Waals surface area contributed by atoms with E-state index in [9.17, 15) is 38.0 Å². The van der Waals surface area contributed by atoms with Gasteiger partial charge in [-0.05, 0) is 78.9 Å². The number of nitrogens with one attached hydrogen (secondary N) is 1. The van der Waals surface area contributed by atoms with Gasteiger partial charge in [-0.3, -0.25) is 4.79 Å². The average Bonchev–Trinajstić information content (AvgIpc) is 3.04. The molecule has 0 aromatic heterocycles. The molecule has 3 atom stereocenters. The van der Waals surface area contributed by atoms with E-state index in [0.29, 0.717) is 49.0 Å². The van der Waals surface area contributed by atoms with Gasteiger partial charge >= 0.3 is 0 Å². The minimum absolute atomic E-state index is 0.103. The zero-order chi connectivity index (χ0) is 33.3. The first kappa shape index (κ1) is 34.8. The third-order valence-corrected chi connectivity index (χ3v) is 8.38. The maximum atomic E-state index is 13.5. The van der Waals surface area contributed by atoms with Crippen LogP contribution in [0.25, 0.3) is 0 Å². The minimum atomic E-state index is -3.23. The predicted octanol–water partition coefficient (Wildman–Crippen LogP) is 2.79. The highest BCUT2D eigenvalue weighted by molar-refractivity contribution is 7.88. The number of carbonyl (C=O) groups excluding carboxylic acids is 1. The fourth-order valence-corrected chi connectivity index (χ4v) is 5.59. The Balaban J connectivity index is 1.51. The van der Waals surface area contributed by atoms with Gasteiger partial charge in [0.15, 0.2) is 5.60 Å². The molecule has 9 nitrogen and oxygen atoms in total. The summed E-state index contributed by atoms with van der Waals surface area (Å²) in [6.45, 7) is -1.12. The van der Waals surface area contributed by atoms with Crippen LogP contribution in [0.1, 0.15) is 60.1 Å². The second-order valence-electron chi connectivity index (χ2n) is 11.2. The molecule has 11 heteroatoms. The lowest BCUT2D eigenvalue weighted by Crippen LogP contribution is -2.55. The van der Waals surface area contributed by atoms with Gasteiger partial charge in [-0.2, -0.15) is 0 Å².